The van der Waals surface area contributed by atoms with E-state index in [2.05, 4.69) is 10.3 Å². The fourth-order valence-corrected chi connectivity index (χ4v) is 6.52. The Bertz CT molecular complexity index is 1190. The second-order valence-electron chi connectivity index (χ2n) is 7.68. The van der Waals surface area contributed by atoms with Crippen LogP contribution in [-0.4, -0.2) is 43.3 Å². The number of sulfonamides is 1. The van der Waals surface area contributed by atoms with E-state index in [0.29, 0.717) is 23.8 Å². The second-order valence-corrected chi connectivity index (χ2v) is 10.6. The molecule has 1 aliphatic heterocycles. The molecule has 2 heterocycles. The second kappa shape index (κ2) is 8.94. The number of nitrogens with one attached hydrogen (secondary N) is 1. The molecule has 3 aromatic rings. The zero-order chi connectivity index (χ0) is 22.0. The van der Waals surface area contributed by atoms with Crippen molar-refractivity contribution >= 4 is 42.6 Å². The van der Waals surface area contributed by atoms with Crippen molar-refractivity contribution in [1.82, 2.24) is 9.29 Å². The quantitative estimate of drug-likeness (QED) is 0.597. The number of rotatable bonds is 6. The number of hydrogen-bond acceptors (Lipinski definition) is 6. The first-order chi connectivity index (χ1) is 14.9. The van der Waals surface area contributed by atoms with Gasteiger partial charge in [-0.1, -0.05) is 23.8 Å². The molecule has 0 spiro atoms. The molecule has 0 radical (unpaired) electrons. The molecule has 0 saturated carbocycles. The van der Waals surface area contributed by atoms with Crippen molar-refractivity contribution in [2.24, 2.45) is 0 Å². The lowest BCUT2D eigenvalue weighted by molar-refractivity contribution is -0.117. The van der Waals surface area contributed by atoms with E-state index in [9.17, 15) is 13.2 Å². The summed E-state index contributed by atoms with van der Waals surface area (Å²) in [5, 5.41) is 3.39. The van der Waals surface area contributed by atoms with Crippen LogP contribution in [0.2, 0.25) is 0 Å². The molecule has 1 aromatic heterocycles. The number of carbonyl (C=O) groups excluding carboxylic acids is 1. The number of fused-ring (bicyclic) bond motifs is 1. The molecule has 31 heavy (non-hydrogen) atoms. The first-order valence-corrected chi connectivity index (χ1v) is 12.5. The number of carbonyl (C=O) groups is 1. The van der Waals surface area contributed by atoms with E-state index in [1.165, 1.54) is 22.8 Å². The molecule has 0 unspecified atom stereocenters. The molecular formula is C22H25N3O4S2. The average molecular weight is 460 g/mol. The zero-order valence-corrected chi connectivity index (χ0v) is 19.1. The molecule has 1 amide bonds. The predicted molar refractivity (Wildman–Crippen MR) is 122 cm³/mol. The number of hydrogen-bond donors (Lipinski definition) is 1. The highest BCUT2D eigenvalue weighted by atomic mass is 32.2. The number of methoxy groups -OCH3 is 1. The summed E-state index contributed by atoms with van der Waals surface area (Å²) in [6.07, 6.45) is 2.43. The van der Waals surface area contributed by atoms with Gasteiger partial charge in [-0.3, -0.25) is 4.79 Å². The minimum absolute atomic E-state index is 0.102. The van der Waals surface area contributed by atoms with Crippen molar-refractivity contribution in [3.05, 3.63) is 48.0 Å². The standard InChI is InChI=1S/C22H25N3O4S2/c1-15-6-11-19-20(13-15)30-22(23-19)24-21(26)14-16-5-3-4-12-25(16)31(27,28)18-9-7-17(29-2)8-10-18/h6-11,13,16H,3-5,12,14H2,1-2H3,(H,23,24,26)/t16-/m1/s1. The van der Waals surface area contributed by atoms with Gasteiger partial charge in [0, 0.05) is 19.0 Å². The fraction of sp³-hybridized carbons (Fsp3) is 0.364. The maximum atomic E-state index is 13.2. The lowest BCUT2D eigenvalue weighted by Crippen LogP contribution is -2.45. The molecule has 1 fully saturated rings. The normalized spacial score (nSPS) is 17.5. The number of piperidine rings is 1. The van der Waals surface area contributed by atoms with Crippen LogP contribution in [0.3, 0.4) is 0 Å². The summed E-state index contributed by atoms with van der Waals surface area (Å²) < 4.78 is 34.1. The third-order valence-corrected chi connectivity index (χ3v) is 8.35. The van der Waals surface area contributed by atoms with Gasteiger partial charge in [-0.15, -0.1) is 0 Å². The molecular weight excluding hydrogens is 434 g/mol. The van der Waals surface area contributed by atoms with Crippen LogP contribution in [-0.2, 0) is 14.8 Å². The molecule has 1 aliphatic rings. The van der Waals surface area contributed by atoms with Crippen LogP contribution in [0.15, 0.2) is 47.4 Å². The van der Waals surface area contributed by atoms with Crippen molar-refractivity contribution in [3.8, 4) is 5.75 Å². The van der Waals surface area contributed by atoms with Crippen molar-refractivity contribution in [2.45, 2.75) is 43.5 Å². The van der Waals surface area contributed by atoms with Gasteiger partial charge in [0.15, 0.2) is 5.13 Å². The van der Waals surface area contributed by atoms with Gasteiger partial charge in [-0.25, -0.2) is 13.4 Å². The highest BCUT2D eigenvalue weighted by Crippen LogP contribution is 2.30. The molecule has 164 valence electrons. The number of anilines is 1. The van der Waals surface area contributed by atoms with Gasteiger partial charge in [-0.2, -0.15) is 4.31 Å². The van der Waals surface area contributed by atoms with Gasteiger partial charge in [0.05, 0.1) is 22.2 Å². The maximum absolute atomic E-state index is 13.2. The van der Waals surface area contributed by atoms with E-state index >= 15 is 0 Å². The molecule has 1 N–H and O–H groups in total. The summed E-state index contributed by atoms with van der Waals surface area (Å²) in [5.74, 6) is 0.372. The lowest BCUT2D eigenvalue weighted by atomic mass is 10.0. The summed E-state index contributed by atoms with van der Waals surface area (Å²) in [4.78, 5) is 17.4. The molecule has 0 bridgehead atoms. The van der Waals surface area contributed by atoms with Gasteiger partial charge in [0.1, 0.15) is 5.75 Å². The SMILES string of the molecule is COc1ccc(S(=O)(=O)N2CCCC[C@@H]2CC(=O)Nc2nc3ccc(C)cc3s2)cc1. The summed E-state index contributed by atoms with van der Waals surface area (Å²) >= 11 is 1.42. The van der Waals surface area contributed by atoms with Crippen molar-refractivity contribution in [2.75, 3.05) is 19.0 Å². The van der Waals surface area contributed by atoms with Crippen molar-refractivity contribution in [3.63, 3.8) is 0 Å². The van der Waals surface area contributed by atoms with E-state index in [1.54, 1.807) is 24.3 Å². The number of aryl methyl sites for hydroxylation is 1. The van der Waals surface area contributed by atoms with Crippen molar-refractivity contribution in [1.29, 1.82) is 0 Å². The Hall–Kier alpha value is -2.49. The number of benzene rings is 2. The first kappa shape index (κ1) is 21.7. The predicted octanol–water partition coefficient (Wildman–Crippen LogP) is 4.19. The van der Waals surface area contributed by atoms with E-state index in [4.69, 9.17) is 4.74 Å². The van der Waals surface area contributed by atoms with Crippen LogP contribution < -0.4 is 10.1 Å². The number of aromatic nitrogens is 1. The Morgan fingerprint density at radius 3 is 2.74 bits per heavy atom. The maximum Gasteiger partial charge on any atom is 0.243 e. The fourth-order valence-electron chi connectivity index (χ4n) is 3.85. The van der Waals surface area contributed by atoms with Crippen LogP contribution in [0.4, 0.5) is 5.13 Å². The Morgan fingerprint density at radius 1 is 1.23 bits per heavy atom. The Labute approximate surface area is 186 Å². The van der Waals surface area contributed by atoms with E-state index in [0.717, 1.165) is 28.6 Å². The monoisotopic (exact) mass is 459 g/mol. The van der Waals surface area contributed by atoms with E-state index in [-0.39, 0.29) is 23.3 Å². The summed E-state index contributed by atoms with van der Waals surface area (Å²) in [5.41, 5.74) is 1.97. The number of nitrogens with zero attached hydrogens (tertiary/aromatic N) is 2. The van der Waals surface area contributed by atoms with Gasteiger partial charge >= 0.3 is 0 Å². The zero-order valence-electron chi connectivity index (χ0n) is 17.5. The minimum Gasteiger partial charge on any atom is -0.497 e. The van der Waals surface area contributed by atoms with Gasteiger partial charge in [-0.05, 0) is 61.7 Å². The van der Waals surface area contributed by atoms with Crippen LogP contribution in [0, 0.1) is 6.92 Å². The number of amides is 1. The van der Waals surface area contributed by atoms with E-state index < -0.39 is 10.0 Å². The molecule has 1 saturated heterocycles. The molecule has 0 aliphatic carbocycles. The smallest absolute Gasteiger partial charge is 0.243 e. The Kier molecular flexibility index (Phi) is 6.27. The lowest BCUT2D eigenvalue weighted by Gasteiger charge is -2.34. The summed E-state index contributed by atoms with van der Waals surface area (Å²) in [7, 11) is -2.16. The number of ether oxygens (including phenoxy) is 1. The average Bonchev–Trinajstić information content (AvgIpc) is 3.15. The number of thiazole rings is 1. The van der Waals surface area contributed by atoms with Crippen LogP contribution in [0.5, 0.6) is 5.75 Å². The van der Waals surface area contributed by atoms with Gasteiger partial charge in [0.2, 0.25) is 15.9 Å². The minimum atomic E-state index is -3.70. The van der Waals surface area contributed by atoms with Gasteiger partial charge < -0.3 is 10.1 Å². The Balaban J connectivity index is 1.49. The van der Waals surface area contributed by atoms with Crippen LogP contribution in [0.25, 0.3) is 10.2 Å². The largest absolute Gasteiger partial charge is 0.497 e. The third kappa shape index (κ3) is 4.73. The van der Waals surface area contributed by atoms with E-state index in [1.807, 2.05) is 25.1 Å². The summed E-state index contributed by atoms with van der Waals surface area (Å²) in [6.45, 7) is 2.42. The van der Waals surface area contributed by atoms with Gasteiger partial charge in [0.25, 0.3) is 0 Å². The highest BCUT2D eigenvalue weighted by Gasteiger charge is 2.34. The first-order valence-electron chi connectivity index (χ1n) is 10.2. The topological polar surface area (TPSA) is 88.6 Å². The molecule has 7 nitrogen and oxygen atoms in total. The molecule has 9 heteroatoms. The molecule has 2 aromatic carbocycles. The van der Waals surface area contributed by atoms with Crippen LogP contribution in [0.1, 0.15) is 31.2 Å². The summed E-state index contributed by atoms with van der Waals surface area (Å²) in [6, 6.07) is 11.9. The van der Waals surface area contributed by atoms with Crippen LogP contribution >= 0.6 is 11.3 Å². The highest BCUT2D eigenvalue weighted by molar-refractivity contribution is 7.89. The molecule has 1 atom stereocenters. The third-order valence-electron chi connectivity index (χ3n) is 5.45. The Morgan fingerprint density at radius 2 is 2.00 bits per heavy atom. The van der Waals surface area contributed by atoms with Crippen molar-refractivity contribution < 1.29 is 17.9 Å². The molecule has 4 rings (SSSR count).